The van der Waals surface area contributed by atoms with Crippen molar-refractivity contribution in [1.82, 2.24) is 24.5 Å². The van der Waals surface area contributed by atoms with Crippen molar-refractivity contribution in [3.8, 4) is 17.3 Å². The number of nitrogen functional groups attached to an aromatic ring is 1. The van der Waals surface area contributed by atoms with Gasteiger partial charge in [-0.05, 0) is 58.9 Å². The van der Waals surface area contributed by atoms with Crippen LogP contribution in [-0.2, 0) is 4.74 Å². The molecule has 3 aromatic rings. The number of benzene rings is 1. The fourth-order valence-electron chi connectivity index (χ4n) is 4.64. The van der Waals surface area contributed by atoms with E-state index in [2.05, 4.69) is 30.2 Å². The Morgan fingerprint density at radius 2 is 1.86 bits per heavy atom. The van der Waals surface area contributed by atoms with Gasteiger partial charge in [0, 0.05) is 24.8 Å². The van der Waals surface area contributed by atoms with Crippen LogP contribution in [-0.4, -0.2) is 49.2 Å². The molecule has 2 N–H and O–H groups in total. The Kier molecular flexibility index (Phi) is 7.34. The molecule has 1 atom stereocenters. The minimum Gasteiger partial charge on any atom is -0.444 e. The minimum atomic E-state index is -0.512. The molecular weight excluding hydrogens is 454 g/mol. The summed E-state index contributed by atoms with van der Waals surface area (Å²) in [7, 11) is 0. The van der Waals surface area contributed by atoms with Crippen LogP contribution in [0.3, 0.4) is 0 Å². The van der Waals surface area contributed by atoms with E-state index in [0.29, 0.717) is 30.2 Å². The molecule has 190 valence electrons. The second kappa shape index (κ2) is 10.4. The zero-order chi connectivity index (χ0) is 25.9. The summed E-state index contributed by atoms with van der Waals surface area (Å²) in [6, 6.07) is 12.5. The molecule has 0 aliphatic carbocycles. The molecule has 1 unspecified atom stereocenters. The van der Waals surface area contributed by atoms with E-state index in [0.717, 1.165) is 36.8 Å². The fourth-order valence-corrected chi connectivity index (χ4v) is 4.64. The number of ether oxygens (including phenoxy) is 1. The highest BCUT2D eigenvalue weighted by atomic mass is 16.6. The van der Waals surface area contributed by atoms with Gasteiger partial charge < -0.3 is 15.4 Å². The number of amides is 1. The summed E-state index contributed by atoms with van der Waals surface area (Å²) in [6.45, 7) is 8.95. The zero-order valence-corrected chi connectivity index (χ0v) is 21.5. The Hall–Kier alpha value is -3.80. The van der Waals surface area contributed by atoms with Gasteiger partial charge in [0.1, 0.15) is 28.7 Å². The van der Waals surface area contributed by atoms with E-state index >= 15 is 0 Å². The van der Waals surface area contributed by atoms with E-state index in [1.807, 2.05) is 49.8 Å². The maximum Gasteiger partial charge on any atom is 0.410 e. The van der Waals surface area contributed by atoms with Crippen molar-refractivity contribution in [2.75, 3.05) is 18.8 Å². The molecule has 0 saturated carbocycles. The van der Waals surface area contributed by atoms with Gasteiger partial charge in [-0.15, -0.1) is 0 Å². The normalized spacial score (nSPS) is 16.1. The van der Waals surface area contributed by atoms with Gasteiger partial charge in [0.2, 0.25) is 0 Å². The number of nitrogens with zero attached hydrogens (tertiary/aromatic N) is 6. The summed E-state index contributed by atoms with van der Waals surface area (Å²) in [5, 5.41) is 19.2. The first-order chi connectivity index (χ1) is 17.2. The highest BCUT2D eigenvalue weighted by molar-refractivity contribution is 5.72. The number of aromatic nitrogens is 4. The van der Waals surface area contributed by atoms with Crippen molar-refractivity contribution in [2.24, 2.45) is 0 Å². The summed E-state index contributed by atoms with van der Waals surface area (Å²) >= 11 is 0. The van der Waals surface area contributed by atoms with Gasteiger partial charge in [0.05, 0.1) is 18.3 Å². The largest absolute Gasteiger partial charge is 0.444 e. The predicted molar refractivity (Wildman–Crippen MR) is 138 cm³/mol. The number of likely N-dealkylation sites (tertiary alicyclic amines) is 1. The maximum atomic E-state index is 12.5. The average Bonchev–Trinajstić information content (AvgIpc) is 3.42. The van der Waals surface area contributed by atoms with Crippen LogP contribution in [0.4, 0.5) is 10.6 Å². The topological polar surface area (TPSA) is 115 Å². The second-order valence-corrected chi connectivity index (χ2v) is 10.4. The number of nitriles is 1. The number of hydrogen-bond acceptors (Lipinski definition) is 6. The Balaban J connectivity index is 1.51. The molecule has 0 radical (unpaired) electrons. The lowest BCUT2D eigenvalue weighted by molar-refractivity contribution is 0.0228. The number of carbonyl (C=O) groups is 1. The van der Waals surface area contributed by atoms with Gasteiger partial charge in [-0.25, -0.2) is 9.48 Å². The van der Waals surface area contributed by atoms with E-state index < -0.39 is 5.60 Å². The summed E-state index contributed by atoms with van der Waals surface area (Å²) in [5.41, 5.74) is 8.77. The smallest absolute Gasteiger partial charge is 0.410 e. The number of anilines is 1. The third-order valence-corrected chi connectivity index (χ3v) is 6.54. The third-order valence-electron chi connectivity index (χ3n) is 6.54. The fraction of sp³-hybridized carbons (Fsp3) is 0.481. The van der Waals surface area contributed by atoms with Gasteiger partial charge in [-0.1, -0.05) is 30.3 Å². The highest BCUT2D eigenvalue weighted by Gasteiger charge is 2.27. The molecule has 1 aliphatic rings. The standard InChI is InChI=1S/C27H35N7O2/c1-19(20-10-6-5-7-11-20)33-18-21(17-30-33)24-23(16-28)25(29)34(31-24)22-12-8-14-32(15-9-13-22)26(35)36-27(2,3)4/h5-7,10-11,17-19,22H,8-9,12-15,29H2,1-4H3. The Bertz CT molecular complexity index is 1220. The number of carbonyl (C=O) groups excluding carboxylic acids is 1. The number of rotatable bonds is 4. The van der Waals surface area contributed by atoms with E-state index in [-0.39, 0.29) is 18.2 Å². The van der Waals surface area contributed by atoms with E-state index in [1.165, 1.54) is 0 Å². The molecule has 1 aromatic carbocycles. The molecule has 3 heterocycles. The Labute approximate surface area is 212 Å². The highest BCUT2D eigenvalue weighted by Crippen LogP contribution is 2.33. The second-order valence-electron chi connectivity index (χ2n) is 10.4. The minimum absolute atomic E-state index is 0.0449. The van der Waals surface area contributed by atoms with E-state index in [4.69, 9.17) is 15.6 Å². The molecule has 1 amide bonds. The van der Waals surface area contributed by atoms with E-state index in [1.54, 1.807) is 15.8 Å². The Morgan fingerprint density at radius 3 is 2.47 bits per heavy atom. The predicted octanol–water partition coefficient (Wildman–Crippen LogP) is 5.16. The molecule has 0 bridgehead atoms. The van der Waals surface area contributed by atoms with Gasteiger partial charge in [-0.2, -0.15) is 15.5 Å². The van der Waals surface area contributed by atoms with Crippen LogP contribution in [0.1, 0.15) is 76.6 Å². The molecule has 1 aliphatic heterocycles. The van der Waals surface area contributed by atoms with Crippen LogP contribution in [0, 0.1) is 11.3 Å². The van der Waals surface area contributed by atoms with Crippen molar-refractivity contribution >= 4 is 11.9 Å². The van der Waals surface area contributed by atoms with Gasteiger partial charge in [-0.3, -0.25) is 4.68 Å². The summed E-state index contributed by atoms with van der Waals surface area (Å²) in [6.07, 6.45) is 6.60. The number of hydrogen-bond donors (Lipinski definition) is 1. The SMILES string of the molecule is CC(c1ccccc1)n1cc(-c2nn(C3CCCN(C(=O)OC(C)(C)C)CCC3)c(N)c2C#N)cn1. The molecule has 1 saturated heterocycles. The first-order valence-electron chi connectivity index (χ1n) is 12.5. The van der Waals surface area contributed by atoms with E-state index in [9.17, 15) is 10.1 Å². The summed E-state index contributed by atoms with van der Waals surface area (Å²) in [4.78, 5) is 14.3. The van der Waals surface area contributed by atoms with Gasteiger partial charge >= 0.3 is 6.09 Å². The van der Waals surface area contributed by atoms with Crippen LogP contribution in [0.15, 0.2) is 42.7 Å². The van der Waals surface area contributed by atoms with Crippen LogP contribution < -0.4 is 5.73 Å². The lowest BCUT2D eigenvalue weighted by Crippen LogP contribution is -2.39. The van der Waals surface area contributed by atoms with Crippen LogP contribution in [0.5, 0.6) is 0 Å². The monoisotopic (exact) mass is 489 g/mol. The zero-order valence-electron chi connectivity index (χ0n) is 21.5. The first kappa shape index (κ1) is 25.3. The quantitative estimate of drug-likeness (QED) is 0.541. The molecule has 9 nitrogen and oxygen atoms in total. The van der Waals surface area contributed by atoms with Crippen LogP contribution in [0.2, 0.25) is 0 Å². The van der Waals surface area contributed by atoms with Crippen LogP contribution >= 0.6 is 0 Å². The van der Waals surface area contributed by atoms with Crippen molar-refractivity contribution in [3.05, 3.63) is 53.9 Å². The lowest BCUT2D eigenvalue weighted by atomic mass is 10.0. The van der Waals surface area contributed by atoms with Gasteiger partial charge in [0.25, 0.3) is 0 Å². The van der Waals surface area contributed by atoms with Crippen LogP contribution in [0.25, 0.3) is 11.3 Å². The first-order valence-corrected chi connectivity index (χ1v) is 12.5. The lowest BCUT2D eigenvalue weighted by Gasteiger charge is -2.30. The van der Waals surface area contributed by atoms with Crippen molar-refractivity contribution in [1.29, 1.82) is 5.26 Å². The molecule has 36 heavy (non-hydrogen) atoms. The molecule has 9 heteroatoms. The Morgan fingerprint density at radius 1 is 1.19 bits per heavy atom. The average molecular weight is 490 g/mol. The van der Waals surface area contributed by atoms with Crippen molar-refractivity contribution < 1.29 is 9.53 Å². The summed E-state index contributed by atoms with van der Waals surface area (Å²) in [5.74, 6) is 0.380. The maximum absolute atomic E-state index is 12.5. The molecular formula is C27H35N7O2. The van der Waals surface area contributed by atoms with Crippen molar-refractivity contribution in [3.63, 3.8) is 0 Å². The third kappa shape index (κ3) is 5.54. The van der Waals surface area contributed by atoms with Gasteiger partial charge in [0.15, 0.2) is 0 Å². The number of nitrogens with two attached hydrogens (primary N) is 1. The summed E-state index contributed by atoms with van der Waals surface area (Å²) < 4.78 is 9.22. The molecule has 0 spiro atoms. The molecule has 2 aromatic heterocycles. The molecule has 1 fully saturated rings. The molecule has 4 rings (SSSR count). The van der Waals surface area contributed by atoms with Crippen molar-refractivity contribution in [2.45, 2.75) is 71.1 Å².